The van der Waals surface area contributed by atoms with Crippen molar-refractivity contribution >= 4 is 62.6 Å². The smallest absolute Gasteiger partial charge is 0.252 e. The van der Waals surface area contributed by atoms with E-state index >= 15 is 0 Å². The Balaban J connectivity index is 1.34. The third kappa shape index (κ3) is 6.25. The number of anilines is 5. The molecule has 1 fully saturated rings. The fourth-order valence-electron chi connectivity index (χ4n) is 12.0. The molecule has 0 bridgehead atoms. The second kappa shape index (κ2) is 13.4. The summed E-state index contributed by atoms with van der Waals surface area (Å²) in [5, 5.41) is 0. The van der Waals surface area contributed by atoms with Crippen LogP contribution in [0.5, 0.6) is 0 Å². The summed E-state index contributed by atoms with van der Waals surface area (Å²) in [5.74, 6) is 0.664. The maximum Gasteiger partial charge on any atom is 0.252 e. The lowest BCUT2D eigenvalue weighted by Crippen LogP contribution is -2.64. The van der Waals surface area contributed by atoms with Crippen LogP contribution in [0.15, 0.2) is 83.3 Å². The molecule has 0 N–H and O–H groups in total. The number of aromatic nitrogens is 1. The largest absolute Gasteiger partial charge is 0.436 e. The van der Waals surface area contributed by atoms with Crippen molar-refractivity contribution < 1.29 is 4.42 Å². The summed E-state index contributed by atoms with van der Waals surface area (Å²) in [6.07, 6.45) is 4.87. The molecule has 6 aromatic rings. The molecule has 10 rings (SSSR count). The third-order valence-electron chi connectivity index (χ3n) is 16.1. The summed E-state index contributed by atoms with van der Waals surface area (Å²) in [7, 11) is 0. The molecule has 0 saturated heterocycles. The summed E-state index contributed by atoms with van der Waals surface area (Å²) >= 11 is 0. The second-order valence-corrected chi connectivity index (χ2v) is 25.8. The Morgan fingerprint density at radius 3 is 1.73 bits per heavy atom. The van der Waals surface area contributed by atoms with Crippen molar-refractivity contribution in [2.75, 3.05) is 9.80 Å². The molecule has 3 aliphatic heterocycles. The van der Waals surface area contributed by atoms with E-state index in [-0.39, 0.29) is 44.7 Å². The predicted molar refractivity (Wildman–Crippen MR) is 275 cm³/mol. The van der Waals surface area contributed by atoms with Crippen LogP contribution in [0.3, 0.4) is 0 Å². The SMILES string of the molecule is CC(C)(C)c1ccc(-c2nc3cc4c(cc3o2)B2c3ccc(C(C)(C)C)c5c3N(c3cc(C(C)(C)C)cc(c32)N4c2cc(C(C)(C)C)cc(C(C)(C)C)c2)C2(C)CCCCC52C)cc1. The fraction of sp³-hybridized carbons (Fsp3) is 0.475. The van der Waals surface area contributed by atoms with Crippen LogP contribution in [0.4, 0.5) is 28.4 Å². The van der Waals surface area contributed by atoms with Gasteiger partial charge in [0, 0.05) is 39.4 Å². The molecule has 2 unspecified atom stereocenters. The van der Waals surface area contributed by atoms with E-state index in [0.717, 1.165) is 16.7 Å². The maximum absolute atomic E-state index is 6.89. The minimum Gasteiger partial charge on any atom is -0.436 e. The van der Waals surface area contributed by atoms with Gasteiger partial charge in [-0.05, 0) is 145 Å². The number of oxazole rings is 1. The highest BCUT2D eigenvalue weighted by Gasteiger charge is 2.62. The molecular weight excluding hydrogens is 777 g/mol. The monoisotopic (exact) mass is 850 g/mol. The lowest BCUT2D eigenvalue weighted by atomic mass is 9.33. The van der Waals surface area contributed by atoms with Crippen molar-refractivity contribution in [1.29, 1.82) is 0 Å². The van der Waals surface area contributed by atoms with E-state index in [1.54, 1.807) is 5.56 Å². The van der Waals surface area contributed by atoms with Crippen LogP contribution in [0.2, 0.25) is 0 Å². The van der Waals surface area contributed by atoms with Crippen LogP contribution in [0, 0.1) is 0 Å². The Hall–Kier alpha value is -4.77. The molecule has 5 heteroatoms. The fourth-order valence-corrected chi connectivity index (χ4v) is 12.0. The van der Waals surface area contributed by atoms with Crippen molar-refractivity contribution in [3.63, 3.8) is 0 Å². The van der Waals surface area contributed by atoms with E-state index in [2.05, 4.69) is 206 Å². The molecule has 4 aliphatic rings. The topological polar surface area (TPSA) is 32.5 Å². The van der Waals surface area contributed by atoms with Crippen molar-refractivity contribution in [3.05, 3.63) is 112 Å². The number of benzene rings is 5. The Morgan fingerprint density at radius 2 is 1.14 bits per heavy atom. The molecule has 0 radical (unpaired) electrons. The number of rotatable bonds is 2. The van der Waals surface area contributed by atoms with Gasteiger partial charge in [0.05, 0.1) is 5.54 Å². The van der Waals surface area contributed by atoms with Gasteiger partial charge in [0.1, 0.15) is 5.52 Å². The average Bonchev–Trinajstić information content (AvgIpc) is 3.70. The Morgan fingerprint density at radius 1 is 0.562 bits per heavy atom. The van der Waals surface area contributed by atoms with Crippen LogP contribution in [-0.4, -0.2) is 17.2 Å². The normalized spacial score (nSPS) is 20.7. The quantitative estimate of drug-likeness (QED) is 0.162. The molecular formula is C59H72BN3O. The molecule has 64 heavy (non-hydrogen) atoms. The van der Waals surface area contributed by atoms with Gasteiger partial charge in [-0.2, -0.15) is 0 Å². The number of hydrogen-bond donors (Lipinski definition) is 0. The van der Waals surface area contributed by atoms with Gasteiger partial charge in [-0.15, -0.1) is 0 Å². The van der Waals surface area contributed by atoms with Crippen LogP contribution in [0.25, 0.3) is 22.6 Å². The molecule has 4 heterocycles. The Bertz CT molecular complexity index is 2870. The zero-order valence-corrected chi connectivity index (χ0v) is 42.2. The summed E-state index contributed by atoms with van der Waals surface area (Å²) in [6, 6.07) is 31.1. The third-order valence-corrected chi connectivity index (χ3v) is 16.1. The lowest BCUT2D eigenvalue weighted by molar-refractivity contribution is 0.193. The van der Waals surface area contributed by atoms with Gasteiger partial charge in [-0.3, -0.25) is 0 Å². The highest BCUT2D eigenvalue weighted by molar-refractivity contribution is 7.00. The van der Waals surface area contributed by atoms with Crippen LogP contribution >= 0.6 is 0 Å². The highest BCUT2D eigenvalue weighted by atomic mass is 16.3. The standard InChI is InChI=1S/C59H72BN3O/c1-53(2,3)36-22-20-35(21-23-36)52-61-44-34-45-43(33-48(44)64-52)60-42-25-24-41(57(13,14)15)49-51(42)63(59(17)27-19-18-26-58(49,59)16)47-32-39(56(10,11)12)31-46(50(47)60)62(45)40-29-37(54(4,5)6)28-38(30-40)55(7,8)9/h20-25,28-34H,18-19,26-27H2,1-17H3. The van der Waals surface area contributed by atoms with Crippen molar-refractivity contribution in [3.8, 4) is 11.5 Å². The van der Waals surface area contributed by atoms with Gasteiger partial charge in [0.15, 0.2) is 5.58 Å². The van der Waals surface area contributed by atoms with Gasteiger partial charge in [0.25, 0.3) is 6.71 Å². The molecule has 4 nitrogen and oxygen atoms in total. The average molecular weight is 850 g/mol. The summed E-state index contributed by atoms with van der Waals surface area (Å²) in [5.41, 5.74) is 21.6. The molecule has 1 aliphatic carbocycles. The molecule has 0 spiro atoms. The van der Waals surface area contributed by atoms with Gasteiger partial charge in [-0.25, -0.2) is 4.98 Å². The maximum atomic E-state index is 6.89. The number of hydrogen-bond acceptors (Lipinski definition) is 4. The van der Waals surface area contributed by atoms with Gasteiger partial charge in [-0.1, -0.05) is 154 Å². The lowest BCUT2D eigenvalue weighted by Gasteiger charge is -2.53. The first kappa shape index (κ1) is 43.1. The molecule has 1 saturated carbocycles. The summed E-state index contributed by atoms with van der Waals surface area (Å²) in [6.45, 7) is 40.6. The van der Waals surface area contributed by atoms with Crippen LogP contribution in [0.1, 0.15) is 177 Å². The molecule has 5 aromatic carbocycles. The molecule has 0 amide bonds. The zero-order chi connectivity index (χ0) is 46.1. The van der Waals surface area contributed by atoms with Gasteiger partial charge >= 0.3 is 0 Å². The zero-order valence-electron chi connectivity index (χ0n) is 42.2. The van der Waals surface area contributed by atoms with Crippen LogP contribution < -0.4 is 26.2 Å². The van der Waals surface area contributed by atoms with E-state index in [9.17, 15) is 0 Å². The predicted octanol–water partition coefficient (Wildman–Crippen LogP) is 14.3. The summed E-state index contributed by atoms with van der Waals surface area (Å²) in [4.78, 5) is 10.8. The summed E-state index contributed by atoms with van der Waals surface area (Å²) < 4.78 is 6.89. The van der Waals surface area contributed by atoms with Gasteiger partial charge in [0.2, 0.25) is 5.89 Å². The minimum atomic E-state index is -0.0861. The van der Waals surface area contributed by atoms with E-state index in [1.165, 1.54) is 98.3 Å². The Labute approximate surface area is 385 Å². The van der Waals surface area contributed by atoms with E-state index in [0.29, 0.717) is 5.89 Å². The van der Waals surface area contributed by atoms with Gasteiger partial charge < -0.3 is 14.2 Å². The number of nitrogens with zero attached hydrogens (tertiary/aromatic N) is 3. The second-order valence-electron chi connectivity index (χ2n) is 25.8. The van der Waals surface area contributed by atoms with E-state index in [4.69, 9.17) is 9.40 Å². The first-order valence-electron chi connectivity index (χ1n) is 24.3. The minimum absolute atomic E-state index is 0.00196. The molecule has 2 atom stereocenters. The van der Waals surface area contributed by atoms with E-state index < -0.39 is 0 Å². The first-order chi connectivity index (χ1) is 29.6. The molecule has 1 aromatic heterocycles. The van der Waals surface area contributed by atoms with Crippen molar-refractivity contribution in [2.24, 2.45) is 0 Å². The highest BCUT2D eigenvalue weighted by Crippen LogP contribution is 2.63. The Kier molecular flexibility index (Phi) is 9.05. The van der Waals surface area contributed by atoms with Crippen molar-refractivity contribution in [1.82, 2.24) is 4.98 Å². The number of fused-ring (bicyclic) bond motifs is 8. The van der Waals surface area contributed by atoms with E-state index in [1.807, 2.05) is 0 Å². The molecule has 332 valence electrons. The van der Waals surface area contributed by atoms with Crippen molar-refractivity contribution in [2.45, 2.75) is 181 Å². The first-order valence-corrected chi connectivity index (χ1v) is 24.3. The van der Waals surface area contributed by atoms with Crippen LogP contribution in [-0.2, 0) is 32.5 Å².